The summed E-state index contributed by atoms with van der Waals surface area (Å²) in [5.41, 5.74) is 0. The monoisotopic (exact) mass is 347 g/mol. The summed E-state index contributed by atoms with van der Waals surface area (Å²) in [7, 11) is -5.43. The van der Waals surface area contributed by atoms with Crippen LogP contribution in [0.3, 0.4) is 0 Å². The molecule has 0 aliphatic rings. The minimum atomic E-state index is -3.60. The Morgan fingerprint density at radius 3 is 2.41 bits per heavy atom. The highest BCUT2D eigenvalue weighted by Crippen LogP contribution is 2.46. The molecule has 1 N–H and O–H groups in total. The number of benzene rings is 1. The summed E-state index contributed by atoms with van der Waals surface area (Å²) < 4.78 is 33.4. The minimum Gasteiger partial charge on any atom is -0.481 e. The number of carbonyl (C=O) groups excluding carboxylic acids is 1. The molecule has 1 aromatic rings. The quantitative estimate of drug-likeness (QED) is 0.683. The molecule has 120 valence electrons. The van der Waals surface area contributed by atoms with E-state index < -0.39 is 27.3 Å². The maximum Gasteiger partial charge on any atom is 0.504 e. The van der Waals surface area contributed by atoms with Crippen LogP contribution in [0.2, 0.25) is 0 Å². The second-order valence-corrected chi connectivity index (χ2v) is 7.99. The van der Waals surface area contributed by atoms with Gasteiger partial charge in [0.2, 0.25) is 0 Å². The van der Waals surface area contributed by atoms with Gasteiger partial charge in [0.05, 0.1) is 12.8 Å². The van der Waals surface area contributed by atoms with Crippen molar-refractivity contribution in [2.75, 3.05) is 19.4 Å². The van der Waals surface area contributed by atoms with E-state index in [9.17, 15) is 18.7 Å². The Labute approximate surface area is 128 Å². The Hall–Kier alpha value is -1.55. The Bertz CT molecular complexity index is 585. The van der Waals surface area contributed by atoms with Gasteiger partial charge in [0.1, 0.15) is 6.61 Å². The summed E-state index contributed by atoms with van der Waals surface area (Å²) >= 11 is 0. The highest BCUT2D eigenvalue weighted by molar-refractivity contribution is 7.67. The Morgan fingerprint density at radius 1 is 1.23 bits per heavy atom. The van der Waals surface area contributed by atoms with Crippen LogP contribution in [0.15, 0.2) is 30.3 Å². The molecule has 22 heavy (non-hydrogen) atoms. The molecular formula is C13H17O7P2+. The lowest BCUT2D eigenvalue weighted by Gasteiger charge is -2.17. The number of carbonyl (C=O) groups is 2. The first-order valence-electron chi connectivity index (χ1n) is 6.46. The molecule has 0 aromatic heterocycles. The van der Waals surface area contributed by atoms with Crippen molar-refractivity contribution in [3.8, 4) is 0 Å². The van der Waals surface area contributed by atoms with Crippen molar-refractivity contribution < 1.29 is 32.9 Å². The third-order valence-electron chi connectivity index (χ3n) is 2.60. The molecule has 0 bridgehead atoms. The molecule has 0 saturated carbocycles. The number of hydrogen-bond acceptors (Lipinski definition) is 6. The van der Waals surface area contributed by atoms with Crippen LogP contribution in [0.25, 0.3) is 0 Å². The van der Waals surface area contributed by atoms with Crippen molar-refractivity contribution in [1.82, 2.24) is 0 Å². The summed E-state index contributed by atoms with van der Waals surface area (Å²) in [5.74, 6) is -1.91. The number of aliphatic carboxylic acids is 1. The van der Waals surface area contributed by atoms with Gasteiger partial charge in [0.25, 0.3) is 7.37 Å². The van der Waals surface area contributed by atoms with Gasteiger partial charge in [-0.15, -0.1) is 4.52 Å². The first-order chi connectivity index (χ1) is 10.3. The third kappa shape index (κ3) is 6.48. The van der Waals surface area contributed by atoms with E-state index in [1.165, 1.54) is 18.8 Å². The molecule has 1 aromatic carbocycles. The van der Waals surface area contributed by atoms with Crippen molar-refractivity contribution in [2.24, 2.45) is 0 Å². The zero-order valence-electron chi connectivity index (χ0n) is 12.0. The first kappa shape index (κ1) is 18.5. The second-order valence-electron chi connectivity index (χ2n) is 4.36. The first-order valence-corrected chi connectivity index (χ1v) is 9.89. The van der Waals surface area contributed by atoms with Gasteiger partial charge in [-0.05, 0) is 16.7 Å². The Kier molecular flexibility index (Phi) is 7.39. The van der Waals surface area contributed by atoms with Crippen molar-refractivity contribution in [1.29, 1.82) is 0 Å². The van der Waals surface area contributed by atoms with Crippen LogP contribution in [0.4, 0.5) is 0 Å². The molecular weight excluding hydrogens is 330 g/mol. The van der Waals surface area contributed by atoms with Crippen LogP contribution in [-0.4, -0.2) is 36.5 Å². The standard InChI is InChI=1S/C13H16O7P2/c1-21(17)19-9-7-13(16)20-22(18,10-8-12(14)15)11-5-3-2-4-6-11/h2-6H,7-10H2,1H3/p+1. The van der Waals surface area contributed by atoms with E-state index in [-0.39, 0.29) is 30.9 Å². The minimum absolute atomic E-state index is 0.113. The van der Waals surface area contributed by atoms with E-state index >= 15 is 0 Å². The molecule has 0 radical (unpaired) electrons. The molecule has 7 nitrogen and oxygen atoms in total. The molecule has 0 aliphatic carbocycles. The van der Waals surface area contributed by atoms with Gasteiger partial charge in [-0.1, -0.05) is 18.2 Å². The highest BCUT2D eigenvalue weighted by Gasteiger charge is 2.30. The number of carboxylic acid groups (broad SMARTS) is 1. The average molecular weight is 347 g/mol. The molecule has 0 saturated heterocycles. The summed E-state index contributed by atoms with van der Waals surface area (Å²) in [6.45, 7) is 1.24. The summed E-state index contributed by atoms with van der Waals surface area (Å²) in [6, 6.07) is 8.01. The number of hydrogen-bond donors (Lipinski definition) is 1. The van der Waals surface area contributed by atoms with Crippen LogP contribution in [0.5, 0.6) is 0 Å². The zero-order chi connectivity index (χ0) is 16.6. The van der Waals surface area contributed by atoms with Gasteiger partial charge < -0.3 is 9.63 Å². The fourth-order valence-electron chi connectivity index (χ4n) is 1.59. The Morgan fingerprint density at radius 2 is 1.86 bits per heavy atom. The van der Waals surface area contributed by atoms with Crippen LogP contribution in [0, 0.1) is 0 Å². The van der Waals surface area contributed by atoms with Crippen LogP contribution >= 0.6 is 15.4 Å². The zero-order valence-corrected chi connectivity index (χ0v) is 13.8. The SMILES string of the molecule is C[P+](=O)OCCC(=O)OP(=O)(CCC(=O)O)c1ccccc1. The molecule has 1 rings (SSSR count). The van der Waals surface area contributed by atoms with Crippen molar-refractivity contribution in [3.05, 3.63) is 30.3 Å². The molecule has 0 aliphatic heterocycles. The highest BCUT2D eigenvalue weighted by atomic mass is 31.2. The molecule has 9 heteroatoms. The average Bonchev–Trinajstić information content (AvgIpc) is 2.45. The fourth-order valence-corrected chi connectivity index (χ4v) is 3.93. The maximum absolute atomic E-state index is 12.8. The number of carboxylic acids is 1. The lowest BCUT2D eigenvalue weighted by Crippen LogP contribution is -2.16. The van der Waals surface area contributed by atoms with E-state index in [1.54, 1.807) is 18.2 Å². The molecule has 2 atom stereocenters. The largest absolute Gasteiger partial charge is 0.504 e. The van der Waals surface area contributed by atoms with E-state index in [0.717, 1.165) is 0 Å². The van der Waals surface area contributed by atoms with Gasteiger partial charge >= 0.3 is 20.0 Å². The number of rotatable bonds is 9. The van der Waals surface area contributed by atoms with Crippen LogP contribution in [-0.2, 0) is 27.8 Å². The van der Waals surface area contributed by atoms with E-state index in [2.05, 4.69) is 0 Å². The second kappa shape index (κ2) is 8.79. The van der Waals surface area contributed by atoms with Gasteiger partial charge in [-0.2, -0.15) is 0 Å². The van der Waals surface area contributed by atoms with Crippen molar-refractivity contribution in [2.45, 2.75) is 12.8 Å². The predicted molar refractivity (Wildman–Crippen MR) is 81.0 cm³/mol. The lowest BCUT2D eigenvalue weighted by molar-refractivity contribution is -0.137. The lowest BCUT2D eigenvalue weighted by atomic mass is 10.4. The molecule has 2 unspecified atom stereocenters. The van der Waals surface area contributed by atoms with Gasteiger partial charge in [0.15, 0.2) is 6.66 Å². The van der Waals surface area contributed by atoms with Crippen LogP contribution < -0.4 is 5.30 Å². The van der Waals surface area contributed by atoms with Gasteiger partial charge in [-0.25, -0.2) is 0 Å². The molecule has 0 heterocycles. The maximum atomic E-state index is 12.8. The fraction of sp³-hybridized carbons (Fsp3) is 0.385. The van der Waals surface area contributed by atoms with Crippen LogP contribution in [0.1, 0.15) is 12.8 Å². The Balaban J connectivity index is 2.78. The van der Waals surface area contributed by atoms with Crippen molar-refractivity contribution >= 4 is 32.6 Å². The summed E-state index contributed by atoms with van der Waals surface area (Å²) in [6.07, 6.45) is -0.865. The van der Waals surface area contributed by atoms with Gasteiger partial charge in [0, 0.05) is 11.5 Å². The van der Waals surface area contributed by atoms with Crippen molar-refractivity contribution in [3.63, 3.8) is 0 Å². The summed E-state index contributed by atoms with van der Waals surface area (Å²) in [5, 5.41) is 9.03. The molecule has 0 amide bonds. The summed E-state index contributed by atoms with van der Waals surface area (Å²) in [4.78, 5) is 22.4. The van der Waals surface area contributed by atoms with E-state index in [0.29, 0.717) is 0 Å². The third-order valence-corrected chi connectivity index (χ3v) is 5.54. The predicted octanol–water partition coefficient (Wildman–Crippen LogP) is 2.39. The topological polar surface area (TPSA) is 107 Å². The molecule has 0 spiro atoms. The van der Waals surface area contributed by atoms with E-state index in [4.69, 9.17) is 14.2 Å². The smallest absolute Gasteiger partial charge is 0.481 e. The normalized spacial score (nSPS) is 14.0. The van der Waals surface area contributed by atoms with E-state index in [1.807, 2.05) is 0 Å². The van der Waals surface area contributed by atoms with Gasteiger partial charge in [-0.3, -0.25) is 14.2 Å². The molecule has 0 fully saturated rings.